The van der Waals surface area contributed by atoms with Crippen LogP contribution in [0.1, 0.15) is 48.2 Å². The lowest BCUT2D eigenvalue weighted by Crippen LogP contribution is -2.25. The molecule has 0 saturated heterocycles. The molecule has 0 spiro atoms. The van der Waals surface area contributed by atoms with Gasteiger partial charge in [-0.15, -0.1) is 11.3 Å². The molecule has 0 bridgehead atoms. The van der Waals surface area contributed by atoms with Gasteiger partial charge in [0.05, 0.1) is 14.8 Å². The van der Waals surface area contributed by atoms with Gasteiger partial charge >= 0.3 is 0 Å². The lowest BCUT2D eigenvalue weighted by molar-refractivity contribution is 0.0273. The molecule has 1 aliphatic carbocycles. The molecule has 5 heteroatoms. The number of thiophene rings is 1. The molecule has 1 N–H and O–H groups in total. The Hall–Kier alpha value is -0.390. The molecule has 1 saturated carbocycles. The van der Waals surface area contributed by atoms with E-state index in [4.69, 9.17) is 4.74 Å². The standard InChI is InChI=1S/C14H20BrNO2S/c15-13-8-7-12(19-13)14(17)16-9-4-10-18-11-5-2-1-3-6-11/h7-8,11H,1-6,9-10H2,(H,16,17). The number of rotatable bonds is 6. The molecule has 1 heterocycles. The normalized spacial score (nSPS) is 16.5. The predicted molar refractivity (Wildman–Crippen MR) is 81.8 cm³/mol. The summed E-state index contributed by atoms with van der Waals surface area (Å²) in [6.07, 6.45) is 7.70. The summed E-state index contributed by atoms with van der Waals surface area (Å²) in [6, 6.07) is 3.73. The monoisotopic (exact) mass is 345 g/mol. The molecule has 2 rings (SSSR count). The highest BCUT2D eigenvalue weighted by atomic mass is 79.9. The van der Waals surface area contributed by atoms with E-state index < -0.39 is 0 Å². The third-order valence-electron chi connectivity index (χ3n) is 3.31. The lowest BCUT2D eigenvalue weighted by Gasteiger charge is -2.21. The Labute approximate surface area is 126 Å². The molecule has 1 aromatic rings. The molecule has 3 nitrogen and oxygen atoms in total. The minimum atomic E-state index is 0.00775. The Kier molecular flexibility index (Phi) is 6.34. The van der Waals surface area contributed by atoms with E-state index in [-0.39, 0.29) is 5.91 Å². The second-order valence-electron chi connectivity index (χ2n) is 4.84. The largest absolute Gasteiger partial charge is 0.378 e. The summed E-state index contributed by atoms with van der Waals surface area (Å²) in [4.78, 5) is 12.5. The number of carbonyl (C=O) groups excluding carboxylic acids is 1. The van der Waals surface area contributed by atoms with Crippen LogP contribution >= 0.6 is 27.3 Å². The summed E-state index contributed by atoms with van der Waals surface area (Å²) >= 11 is 4.81. The lowest BCUT2D eigenvalue weighted by atomic mass is 9.98. The highest BCUT2D eigenvalue weighted by Gasteiger charge is 2.13. The van der Waals surface area contributed by atoms with Gasteiger partial charge in [0.1, 0.15) is 0 Å². The average Bonchev–Trinajstić information content (AvgIpc) is 2.86. The molecule has 0 radical (unpaired) electrons. The zero-order valence-corrected chi connectivity index (χ0v) is 13.4. The molecule has 0 unspecified atom stereocenters. The molecule has 0 atom stereocenters. The second-order valence-corrected chi connectivity index (χ2v) is 7.31. The molecular weight excluding hydrogens is 326 g/mol. The minimum Gasteiger partial charge on any atom is -0.378 e. The fourth-order valence-electron chi connectivity index (χ4n) is 2.28. The topological polar surface area (TPSA) is 38.3 Å². The summed E-state index contributed by atoms with van der Waals surface area (Å²) in [6.45, 7) is 1.43. The summed E-state index contributed by atoms with van der Waals surface area (Å²) in [5, 5.41) is 2.92. The van der Waals surface area contributed by atoms with E-state index in [2.05, 4.69) is 21.2 Å². The molecule has 1 aliphatic rings. The van der Waals surface area contributed by atoms with Crippen molar-refractivity contribution in [2.24, 2.45) is 0 Å². The fourth-order valence-corrected chi connectivity index (χ4v) is 3.58. The third kappa shape index (κ3) is 5.24. The first-order valence-electron chi connectivity index (χ1n) is 6.91. The summed E-state index contributed by atoms with van der Waals surface area (Å²) < 4.78 is 6.80. The van der Waals surface area contributed by atoms with Crippen LogP contribution in [-0.4, -0.2) is 25.2 Å². The van der Waals surface area contributed by atoms with Crippen LogP contribution in [0.3, 0.4) is 0 Å². The fraction of sp³-hybridized carbons (Fsp3) is 0.643. The summed E-state index contributed by atoms with van der Waals surface area (Å²) in [5.41, 5.74) is 0. The molecule has 1 aromatic heterocycles. The first-order chi connectivity index (χ1) is 9.25. The minimum absolute atomic E-state index is 0.00775. The van der Waals surface area contributed by atoms with Gasteiger partial charge in [-0.05, 0) is 47.3 Å². The van der Waals surface area contributed by atoms with E-state index >= 15 is 0 Å². The molecule has 0 aliphatic heterocycles. The molecule has 1 fully saturated rings. The van der Waals surface area contributed by atoms with E-state index in [9.17, 15) is 4.79 Å². The Morgan fingerprint density at radius 2 is 2.16 bits per heavy atom. The van der Waals surface area contributed by atoms with Crippen LogP contribution in [0.15, 0.2) is 15.9 Å². The van der Waals surface area contributed by atoms with Crippen molar-refractivity contribution in [1.29, 1.82) is 0 Å². The number of nitrogens with one attached hydrogen (secondary N) is 1. The van der Waals surface area contributed by atoms with Crippen LogP contribution in [0.25, 0.3) is 0 Å². The first-order valence-corrected chi connectivity index (χ1v) is 8.52. The van der Waals surface area contributed by atoms with Crippen LogP contribution in [0.4, 0.5) is 0 Å². The second kappa shape index (κ2) is 8.02. The van der Waals surface area contributed by atoms with Crippen molar-refractivity contribution in [1.82, 2.24) is 5.32 Å². The number of ether oxygens (including phenoxy) is 1. The third-order valence-corrected chi connectivity index (χ3v) is 4.93. The van der Waals surface area contributed by atoms with Gasteiger partial charge in [0.25, 0.3) is 5.91 Å². The van der Waals surface area contributed by atoms with Gasteiger partial charge in [-0.25, -0.2) is 0 Å². The highest BCUT2D eigenvalue weighted by molar-refractivity contribution is 9.11. The van der Waals surface area contributed by atoms with Crippen molar-refractivity contribution < 1.29 is 9.53 Å². The SMILES string of the molecule is O=C(NCCCOC1CCCCC1)c1ccc(Br)s1. The van der Waals surface area contributed by atoms with Gasteiger partial charge in [0.15, 0.2) is 0 Å². The van der Waals surface area contributed by atoms with Crippen LogP contribution in [0.2, 0.25) is 0 Å². The highest BCUT2D eigenvalue weighted by Crippen LogP contribution is 2.22. The van der Waals surface area contributed by atoms with E-state index in [1.165, 1.54) is 43.4 Å². The molecule has 0 aromatic carbocycles. The maximum absolute atomic E-state index is 11.8. The quantitative estimate of drug-likeness (QED) is 0.792. The predicted octanol–water partition coefficient (Wildman–Crippen LogP) is 3.98. The summed E-state index contributed by atoms with van der Waals surface area (Å²) in [5.74, 6) is 0.00775. The van der Waals surface area contributed by atoms with E-state index in [0.29, 0.717) is 12.6 Å². The smallest absolute Gasteiger partial charge is 0.261 e. The van der Waals surface area contributed by atoms with Crippen LogP contribution in [0.5, 0.6) is 0 Å². The molecule has 19 heavy (non-hydrogen) atoms. The number of carbonyl (C=O) groups is 1. The zero-order chi connectivity index (χ0) is 13.5. The van der Waals surface area contributed by atoms with E-state index in [1.807, 2.05) is 12.1 Å². The number of halogens is 1. The maximum atomic E-state index is 11.8. The maximum Gasteiger partial charge on any atom is 0.261 e. The Morgan fingerprint density at radius 1 is 1.37 bits per heavy atom. The van der Waals surface area contributed by atoms with Crippen molar-refractivity contribution in [2.45, 2.75) is 44.6 Å². The van der Waals surface area contributed by atoms with Crippen molar-refractivity contribution >= 4 is 33.2 Å². The molecule has 1 amide bonds. The van der Waals surface area contributed by atoms with Gasteiger partial charge in [0.2, 0.25) is 0 Å². The first kappa shape index (κ1) is 15.0. The van der Waals surface area contributed by atoms with Crippen LogP contribution in [-0.2, 0) is 4.74 Å². The Morgan fingerprint density at radius 3 is 2.84 bits per heavy atom. The number of hydrogen-bond acceptors (Lipinski definition) is 3. The molecule has 106 valence electrons. The van der Waals surface area contributed by atoms with E-state index in [1.54, 1.807) is 0 Å². The Balaban J connectivity index is 1.55. The number of amides is 1. The van der Waals surface area contributed by atoms with Crippen LogP contribution < -0.4 is 5.32 Å². The van der Waals surface area contributed by atoms with Gasteiger partial charge in [0, 0.05) is 13.2 Å². The van der Waals surface area contributed by atoms with Crippen molar-refractivity contribution in [3.8, 4) is 0 Å². The van der Waals surface area contributed by atoms with E-state index in [0.717, 1.165) is 21.7 Å². The van der Waals surface area contributed by atoms with Gasteiger partial charge < -0.3 is 10.1 Å². The van der Waals surface area contributed by atoms with Gasteiger partial charge in [-0.2, -0.15) is 0 Å². The Bertz CT molecular complexity index is 402. The van der Waals surface area contributed by atoms with Gasteiger partial charge in [-0.3, -0.25) is 4.79 Å². The van der Waals surface area contributed by atoms with Crippen LogP contribution in [0, 0.1) is 0 Å². The number of hydrogen-bond donors (Lipinski definition) is 1. The molecular formula is C14H20BrNO2S. The van der Waals surface area contributed by atoms with Crippen molar-refractivity contribution in [2.75, 3.05) is 13.2 Å². The summed E-state index contributed by atoms with van der Waals surface area (Å²) in [7, 11) is 0. The van der Waals surface area contributed by atoms with Crippen molar-refractivity contribution in [3.63, 3.8) is 0 Å². The van der Waals surface area contributed by atoms with Crippen molar-refractivity contribution in [3.05, 3.63) is 20.8 Å². The van der Waals surface area contributed by atoms with Gasteiger partial charge in [-0.1, -0.05) is 19.3 Å². The zero-order valence-electron chi connectivity index (χ0n) is 11.0. The average molecular weight is 346 g/mol.